The Hall–Kier alpha value is -1.19. The molecule has 1 N–H and O–H groups in total. The predicted octanol–water partition coefficient (Wildman–Crippen LogP) is 1.21. The van der Waals surface area contributed by atoms with Gasteiger partial charge in [0.15, 0.2) is 0 Å². The summed E-state index contributed by atoms with van der Waals surface area (Å²) in [7, 11) is 0. The Balaban J connectivity index is 2.57. The van der Waals surface area contributed by atoms with Gasteiger partial charge in [-0.3, -0.25) is 0 Å². The van der Waals surface area contributed by atoms with E-state index in [0.29, 0.717) is 16.9 Å². The standard InChI is InChI=1S/C9H8FNO/c1-6-4-7-5-8(10)2-3-9(7)11(6)12/h2-5,11H,1H3. The quantitative estimate of drug-likeness (QED) is 0.575. The second-order valence-electron chi connectivity index (χ2n) is 2.89. The van der Waals surface area contributed by atoms with E-state index in [4.69, 9.17) is 0 Å². The van der Waals surface area contributed by atoms with Crippen molar-refractivity contribution >= 4 is 11.8 Å². The molecule has 0 spiro atoms. The minimum atomic E-state index is -0.299. The molecule has 3 heteroatoms. The van der Waals surface area contributed by atoms with Gasteiger partial charge in [0.1, 0.15) is 17.2 Å². The van der Waals surface area contributed by atoms with Crippen molar-refractivity contribution in [3.63, 3.8) is 0 Å². The number of halogens is 1. The normalized spacial score (nSPS) is 20.6. The lowest BCUT2D eigenvalue weighted by Gasteiger charge is -2.17. The number of hydrogen-bond donors (Lipinski definition) is 1. The van der Waals surface area contributed by atoms with Crippen LogP contribution in [0.15, 0.2) is 23.9 Å². The fraction of sp³-hybridized carbons (Fsp3) is 0.111. The number of fused-ring (bicyclic) bond motifs is 1. The van der Waals surface area contributed by atoms with E-state index in [1.54, 1.807) is 13.0 Å². The van der Waals surface area contributed by atoms with Crippen LogP contribution in [0.4, 0.5) is 10.1 Å². The monoisotopic (exact) mass is 165 g/mol. The molecule has 0 aliphatic carbocycles. The summed E-state index contributed by atoms with van der Waals surface area (Å²) in [5.74, 6) is -0.299. The molecule has 0 fully saturated rings. The van der Waals surface area contributed by atoms with Crippen molar-refractivity contribution in [3.05, 3.63) is 40.5 Å². The van der Waals surface area contributed by atoms with Crippen LogP contribution in [0.3, 0.4) is 0 Å². The summed E-state index contributed by atoms with van der Waals surface area (Å²) in [5.41, 5.74) is 1.97. The Bertz CT molecular complexity index is 360. The van der Waals surface area contributed by atoms with Crippen molar-refractivity contribution < 1.29 is 9.45 Å². The third-order valence-corrected chi connectivity index (χ3v) is 1.99. The molecule has 1 heterocycles. The van der Waals surface area contributed by atoms with Crippen LogP contribution >= 0.6 is 0 Å². The fourth-order valence-corrected chi connectivity index (χ4v) is 1.37. The average molecular weight is 165 g/mol. The van der Waals surface area contributed by atoms with Gasteiger partial charge in [-0.05, 0) is 12.1 Å². The van der Waals surface area contributed by atoms with Crippen LogP contribution in [0.5, 0.6) is 0 Å². The number of hydroxylamine groups is 1. The van der Waals surface area contributed by atoms with Crippen LogP contribution in [0, 0.1) is 11.0 Å². The van der Waals surface area contributed by atoms with Gasteiger partial charge >= 0.3 is 0 Å². The zero-order chi connectivity index (χ0) is 8.72. The van der Waals surface area contributed by atoms with Gasteiger partial charge in [-0.1, -0.05) is 0 Å². The van der Waals surface area contributed by atoms with Crippen LogP contribution in [0.25, 0.3) is 6.08 Å². The van der Waals surface area contributed by atoms with Gasteiger partial charge in [-0.2, -0.15) is 0 Å². The lowest BCUT2D eigenvalue weighted by Crippen LogP contribution is -2.98. The molecule has 0 amide bonds. The molecule has 1 aliphatic heterocycles. The molecule has 1 aromatic carbocycles. The minimum Gasteiger partial charge on any atom is -0.624 e. The summed E-state index contributed by atoms with van der Waals surface area (Å²) < 4.78 is 12.7. The predicted molar refractivity (Wildman–Crippen MR) is 44.0 cm³/mol. The molecule has 1 aromatic rings. The molecule has 1 aliphatic rings. The summed E-state index contributed by atoms with van der Waals surface area (Å²) in [6, 6.07) is 4.22. The molecule has 0 aromatic heterocycles. The first-order valence-electron chi connectivity index (χ1n) is 3.71. The van der Waals surface area contributed by atoms with E-state index in [2.05, 4.69) is 0 Å². The Kier molecular flexibility index (Phi) is 1.49. The molecule has 2 rings (SSSR count). The second-order valence-corrected chi connectivity index (χ2v) is 2.89. The summed E-state index contributed by atoms with van der Waals surface area (Å²) in [6.07, 6.45) is 1.71. The van der Waals surface area contributed by atoms with E-state index >= 15 is 0 Å². The van der Waals surface area contributed by atoms with E-state index in [-0.39, 0.29) is 10.9 Å². The summed E-state index contributed by atoms with van der Waals surface area (Å²) >= 11 is 0. The first-order chi connectivity index (χ1) is 5.68. The summed E-state index contributed by atoms with van der Waals surface area (Å²) in [5, 5.41) is 11.3. The Morgan fingerprint density at radius 2 is 2.17 bits per heavy atom. The van der Waals surface area contributed by atoms with Crippen LogP contribution in [0.2, 0.25) is 0 Å². The van der Waals surface area contributed by atoms with Crippen molar-refractivity contribution in [1.29, 1.82) is 0 Å². The molecule has 1 unspecified atom stereocenters. The molecule has 0 saturated heterocycles. The number of quaternary nitrogens is 1. The first kappa shape index (κ1) is 7.46. The van der Waals surface area contributed by atoms with Crippen LogP contribution < -0.4 is 5.06 Å². The van der Waals surface area contributed by atoms with Crippen molar-refractivity contribution in [2.24, 2.45) is 0 Å². The molecule has 2 nitrogen and oxygen atoms in total. The molecule has 0 radical (unpaired) electrons. The lowest BCUT2D eigenvalue weighted by molar-refractivity contribution is -0.726. The Morgan fingerprint density at radius 1 is 1.42 bits per heavy atom. The summed E-state index contributed by atoms with van der Waals surface area (Å²) in [6.45, 7) is 1.74. The molecular weight excluding hydrogens is 157 g/mol. The maximum Gasteiger partial charge on any atom is 0.143 e. The largest absolute Gasteiger partial charge is 0.624 e. The molecule has 12 heavy (non-hydrogen) atoms. The third-order valence-electron chi connectivity index (χ3n) is 1.99. The lowest BCUT2D eigenvalue weighted by atomic mass is 10.2. The van der Waals surface area contributed by atoms with Gasteiger partial charge < -0.3 is 10.3 Å². The third kappa shape index (κ3) is 0.948. The number of benzene rings is 1. The summed E-state index contributed by atoms with van der Waals surface area (Å²) in [4.78, 5) is 0. The van der Waals surface area contributed by atoms with E-state index < -0.39 is 0 Å². The van der Waals surface area contributed by atoms with E-state index in [1.165, 1.54) is 18.2 Å². The molecule has 0 saturated carbocycles. The van der Waals surface area contributed by atoms with Crippen LogP contribution in [0.1, 0.15) is 12.5 Å². The van der Waals surface area contributed by atoms with Gasteiger partial charge in [0.05, 0.1) is 0 Å². The number of rotatable bonds is 0. The van der Waals surface area contributed by atoms with Gasteiger partial charge in [0.2, 0.25) is 0 Å². The topological polar surface area (TPSA) is 27.5 Å². The van der Waals surface area contributed by atoms with E-state index in [0.717, 1.165) is 0 Å². The van der Waals surface area contributed by atoms with Gasteiger partial charge in [0.25, 0.3) is 0 Å². The van der Waals surface area contributed by atoms with Crippen LogP contribution in [-0.4, -0.2) is 0 Å². The van der Waals surface area contributed by atoms with Crippen molar-refractivity contribution in [2.45, 2.75) is 6.92 Å². The van der Waals surface area contributed by atoms with Crippen LogP contribution in [-0.2, 0) is 0 Å². The highest BCUT2D eigenvalue weighted by Crippen LogP contribution is 2.20. The van der Waals surface area contributed by atoms with E-state index in [1.807, 2.05) is 0 Å². The highest BCUT2D eigenvalue weighted by atomic mass is 19.1. The smallest absolute Gasteiger partial charge is 0.143 e. The first-order valence-corrected chi connectivity index (χ1v) is 3.71. The second kappa shape index (κ2) is 2.40. The van der Waals surface area contributed by atoms with Crippen molar-refractivity contribution in [1.82, 2.24) is 0 Å². The Morgan fingerprint density at radius 3 is 2.92 bits per heavy atom. The molecule has 1 atom stereocenters. The molecular formula is C9H8FNO. The Labute approximate surface area is 69.5 Å². The van der Waals surface area contributed by atoms with Gasteiger partial charge in [0, 0.05) is 24.6 Å². The number of allylic oxidation sites excluding steroid dienone is 1. The van der Waals surface area contributed by atoms with Crippen molar-refractivity contribution in [3.8, 4) is 0 Å². The highest BCUT2D eigenvalue weighted by molar-refractivity contribution is 5.65. The van der Waals surface area contributed by atoms with E-state index in [9.17, 15) is 9.60 Å². The van der Waals surface area contributed by atoms with Gasteiger partial charge in [-0.15, -0.1) is 0 Å². The zero-order valence-electron chi connectivity index (χ0n) is 6.60. The number of nitrogens with one attached hydrogen (secondary N) is 1. The van der Waals surface area contributed by atoms with Gasteiger partial charge in [-0.25, -0.2) is 4.39 Å². The average Bonchev–Trinajstić information content (AvgIpc) is 2.28. The maximum atomic E-state index is 12.7. The molecule has 62 valence electrons. The maximum absolute atomic E-state index is 12.7. The SMILES string of the molecule is CC1=Cc2cc(F)ccc2[NH+]1[O-]. The fourth-order valence-electron chi connectivity index (χ4n) is 1.37. The highest BCUT2D eigenvalue weighted by Gasteiger charge is 2.18. The minimum absolute atomic E-state index is 0.00463. The number of hydrogen-bond acceptors (Lipinski definition) is 1. The molecule has 0 bridgehead atoms. The van der Waals surface area contributed by atoms with Crippen molar-refractivity contribution in [2.75, 3.05) is 0 Å². The zero-order valence-corrected chi connectivity index (χ0v) is 6.60.